The molecule has 4 rings (SSSR count). The van der Waals surface area contributed by atoms with Crippen molar-refractivity contribution in [2.45, 2.75) is 59.0 Å². The molecule has 3 fully saturated rings. The van der Waals surface area contributed by atoms with Gasteiger partial charge in [0, 0.05) is 12.0 Å². The van der Waals surface area contributed by atoms with Crippen molar-refractivity contribution < 1.29 is 19.7 Å². The number of aromatic hydroxyl groups is 2. The van der Waals surface area contributed by atoms with Crippen molar-refractivity contribution in [1.82, 2.24) is 0 Å². The van der Waals surface area contributed by atoms with Crippen LogP contribution in [0.1, 0.15) is 58.4 Å². The van der Waals surface area contributed by atoms with Crippen LogP contribution in [0.25, 0.3) is 6.08 Å². The molecule has 0 saturated heterocycles. The normalized spacial score (nSPS) is 35.9. The Kier molecular flexibility index (Phi) is 4.18. The molecule has 28 heavy (non-hydrogen) atoms. The van der Waals surface area contributed by atoms with Crippen LogP contribution in [0.2, 0.25) is 0 Å². The zero-order valence-electron chi connectivity index (χ0n) is 17.0. The fraction of sp³-hybridized carbons (Fsp3) is 0.542. The van der Waals surface area contributed by atoms with Crippen molar-refractivity contribution in [3.8, 4) is 11.5 Å². The van der Waals surface area contributed by atoms with E-state index >= 15 is 0 Å². The van der Waals surface area contributed by atoms with Crippen molar-refractivity contribution in [2.24, 2.45) is 22.2 Å². The maximum Gasteiger partial charge on any atom is 0.331 e. The number of hydrogen-bond donors (Lipinski definition) is 2. The minimum absolute atomic E-state index is 0.117. The molecule has 0 heterocycles. The predicted molar refractivity (Wildman–Crippen MR) is 109 cm³/mol. The average molecular weight is 383 g/mol. The van der Waals surface area contributed by atoms with E-state index in [1.807, 2.05) is 0 Å². The van der Waals surface area contributed by atoms with Crippen LogP contribution in [-0.4, -0.2) is 22.3 Å². The molecule has 1 aromatic carbocycles. The monoisotopic (exact) mass is 382 g/mol. The smallest absolute Gasteiger partial charge is 0.331 e. The largest absolute Gasteiger partial charge is 0.504 e. The van der Waals surface area contributed by atoms with E-state index in [0.717, 1.165) is 12.8 Å². The summed E-state index contributed by atoms with van der Waals surface area (Å²) in [5.74, 6) is -0.522. The first-order valence-corrected chi connectivity index (χ1v) is 10.2. The second kappa shape index (κ2) is 6.13. The van der Waals surface area contributed by atoms with Gasteiger partial charge in [-0.15, -0.1) is 0 Å². The Labute approximate surface area is 166 Å². The van der Waals surface area contributed by atoms with E-state index in [4.69, 9.17) is 4.74 Å². The number of benzene rings is 1. The number of phenols is 2. The quantitative estimate of drug-likeness (QED) is 0.326. The maximum absolute atomic E-state index is 12.5. The lowest BCUT2D eigenvalue weighted by Gasteiger charge is -2.55. The van der Waals surface area contributed by atoms with Crippen molar-refractivity contribution >= 4 is 12.0 Å². The van der Waals surface area contributed by atoms with Gasteiger partial charge in [-0.3, -0.25) is 0 Å². The van der Waals surface area contributed by atoms with E-state index in [0.29, 0.717) is 5.56 Å². The lowest BCUT2D eigenvalue weighted by Crippen LogP contribution is -2.48. The Morgan fingerprint density at radius 3 is 2.64 bits per heavy atom. The van der Waals surface area contributed by atoms with Gasteiger partial charge in [0.15, 0.2) is 11.5 Å². The number of esters is 1. The molecule has 3 aliphatic rings. The predicted octanol–water partition coefficient (Wildman–Crippen LogP) is 5.21. The van der Waals surface area contributed by atoms with Crippen LogP contribution in [0.3, 0.4) is 0 Å². The third-order valence-corrected chi connectivity index (χ3v) is 8.14. The first-order valence-electron chi connectivity index (χ1n) is 10.2. The molecule has 3 aliphatic carbocycles. The summed E-state index contributed by atoms with van der Waals surface area (Å²) in [7, 11) is 0. The highest BCUT2D eigenvalue weighted by molar-refractivity contribution is 5.87. The maximum atomic E-state index is 12.5. The number of rotatable bonds is 3. The highest BCUT2D eigenvalue weighted by Crippen LogP contribution is 2.78. The van der Waals surface area contributed by atoms with Gasteiger partial charge in [-0.2, -0.15) is 0 Å². The van der Waals surface area contributed by atoms with Gasteiger partial charge in [0.1, 0.15) is 6.10 Å². The lowest BCUT2D eigenvalue weighted by molar-refractivity contribution is -0.145. The first kappa shape index (κ1) is 19.1. The second-order valence-electron chi connectivity index (χ2n) is 9.81. The fourth-order valence-electron chi connectivity index (χ4n) is 6.81. The summed E-state index contributed by atoms with van der Waals surface area (Å²) < 4.78 is 5.94. The summed E-state index contributed by atoms with van der Waals surface area (Å²) in [6.45, 7) is 11.5. The summed E-state index contributed by atoms with van der Waals surface area (Å²) in [5, 5.41) is 19.0. The third-order valence-electron chi connectivity index (χ3n) is 8.14. The molecule has 0 aliphatic heterocycles. The Morgan fingerprint density at radius 2 is 1.96 bits per heavy atom. The van der Waals surface area contributed by atoms with Gasteiger partial charge in [0.2, 0.25) is 0 Å². The van der Waals surface area contributed by atoms with Crippen LogP contribution in [0.5, 0.6) is 11.5 Å². The molecule has 3 saturated carbocycles. The van der Waals surface area contributed by atoms with Gasteiger partial charge in [0.25, 0.3) is 0 Å². The average Bonchev–Trinajstić information content (AvgIpc) is 2.99. The van der Waals surface area contributed by atoms with E-state index in [2.05, 4.69) is 27.4 Å². The lowest BCUT2D eigenvalue weighted by atomic mass is 9.49. The van der Waals surface area contributed by atoms with E-state index in [1.54, 1.807) is 12.1 Å². The number of ether oxygens (including phenoxy) is 1. The molecule has 0 radical (unpaired) electrons. The molecule has 1 aromatic rings. The van der Waals surface area contributed by atoms with Crippen molar-refractivity contribution in [3.63, 3.8) is 0 Å². The van der Waals surface area contributed by atoms with E-state index in [1.165, 1.54) is 43.0 Å². The minimum Gasteiger partial charge on any atom is -0.504 e. The van der Waals surface area contributed by atoms with E-state index in [9.17, 15) is 15.0 Å². The molecule has 0 amide bonds. The summed E-state index contributed by atoms with van der Waals surface area (Å²) in [5.41, 5.74) is 2.41. The summed E-state index contributed by atoms with van der Waals surface area (Å²) in [6.07, 6.45) is 8.46. The number of carbonyl (C=O) groups is 1. The molecule has 0 spiro atoms. The first-order chi connectivity index (χ1) is 13.1. The fourth-order valence-corrected chi connectivity index (χ4v) is 6.81. The molecule has 4 heteroatoms. The van der Waals surface area contributed by atoms with Gasteiger partial charge >= 0.3 is 5.97 Å². The number of carbonyl (C=O) groups excluding carboxylic acids is 1. The van der Waals surface area contributed by atoms with Crippen LogP contribution in [0, 0.1) is 22.2 Å². The molecular weight excluding hydrogens is 352 g/mol. The van der Waals surface area contributed by atoms with Gasteiger partial charge in [-0.25, -0.2) is 4.79 Å². The summed E-state index contributed by atoms with van der Waals surface area (Å²) in [4.78, 5) is 12.5. The van der Waals surface area contributed by atoms with Crippen molar-refractivity contribution in [3.05, 3.63) is 42.0 Å². The SMILES string of the molecule is C=C1C[C@@]23C[C@H](OC(=O)/C=C/c4ccc(O)c(O)c4)[C@@H]1[C@@]2(C)CCCC3(C)C. The van der Waals surface area contributed by atoms with Gasteiger partial charge in [-0.1, -0.05) is 45.4 Å². The molecule has 4 atom stereocenters. The van der Waals surface area contributed by atoms with Crippen LogP contribution < -0.4 is 0 Å². The highest BCUT2D eigenvalue weighted by atomic mass is 16.5. The molecule has 2 N–H and O–H groups in total. The van der Waals surface area contributed by atoms with Gasteiger partial charge in [0.05, 0.1) is 0 Å². The number of phenolic OH excluding ortho intramolecular Hbond substituents is 2. The van der Waals surface area contributed by atoms with E-state index in [-0.39, 0.29) is 45.7 Å². The van der Waals surface area contributed by atoms with Gasteiger partial charge < -0.3 is 14.9 Å². The van der Waals surface area contributed by atoms with Gasteiger partial charge in [-0.05, 0) is 65.7 Å². The molecule has 0 unspecified atom stereocenters. The topological polar surface area (TPSA) is 66.8 Å². The van der Waals surface area contributed by atoms with Crippen LogP contribution in [0.4, 0.5) is 0 Å². The zero-order valence-corrected chi connectivity index (χ0v) is 17.0. The van der Waals surface area contributed by atoms with Crippen molar-refractivity contribution in [2.75, 3.05) is 0 Å². The highest BCUT2D eigenvalue weighted by Gasteiger charge is 2.72. The third kappa shape index (κ3) is 2.53. The Morgan fingerprint density at radius 1 is 1.21 bits per heavy atom. The van der Waals surface area contributed by atoms with Crippen molar-refractivity contribution in [1.29, 1.82) is 0 Å². The van der Waals surface area contributed by atoms with E-state index < -0.39 is 0 Å². The van der Waals surface area contributed by atoms with Crippen LogP contribution in [-0.2, 0) is 9.53 Å². The summed E-state index contributed by atoms with van der Waals surface area (Å²) in [6, 6.07) is 4.44. The Hall–Kier alpha value is -2.23. The second-order valence-corrected chi connectivity index (χ2v) is 9.81. The van der Waals surface area contributed by atoms with Crippen LogP contribution in [0.15, 0.2) is 36.4 Å². The Balaban J connectivity index is 1.53. The molecular formula is C24H30O4. The van der Waals surface area contributed by atoms with Crippen LogP contribution >= 0.6 is 0 Å². The molecule has 4 nitrogen and oxygen atoms in total. The molecule has 2 bridgehead atoms. The Bertz CT molecular complexity index is 867. The minimum atomic E-state index is -0.368. The molecule has 0 aromatic heterocycles. The standard InChI is InChI=1S/C24H30O4/c1-15-13-24-14-19(21(15)23(24,4)11-5-10-22(24,2)3)28-20(27)9-7-16-6-8-17(25)18(26)12-16/h6-9,12,19,21,25-26H,1,5,10-11,13-14H2,2-4H3/b9-7+/t19-,21+,23+,24-/m0/s1. The molecule has 150 valence electrons. The zero-order chi connectivity index (χ0) is 20.3. The number of hydrogen-bond acceptors (Lipinski definition) is 4. The summed E-state index contributed by atoms with van der Waals surface area (Å²) >= 11 is 0.